The molecule has 116 valence electrons. The Hall–Kier alpha value is -0.120. The molecule has 0 aromatic heterocycles. The van der Waals surface area contributed by atoms with E-state index in [1.807, 2.05) is 0 Å². The summed E-state index contributed by atoms with van der Waals surface area (Å²) in [6, 6.07) is 0.416. The van der Waals surface area contributed by atoms with Gasteiger partial charge >= 0.3 is 0 Å². The van der Waals surface area contributed by atoms with Crippen molar-refractivity contribution in [3.8, 4) is 0 Å². The molecule has 0 rings (SSSR count). The average molecular weight is 272 g/mol. The second-order valence-corrected chi connectivity index (χ2v) is 7.06. The van der Waals surface area contributed by atoms with Crippen LogP contribution in [0.2, 0.25) is 0 Å². The minimum absolute atomic E-state index is 0.132. The lowest BCUT2D eigenvalue weighted by Crippen LogP contribution is -2.49. The van der Waals surface area contributed by atoms with Crippen molar-refractivity contribution >= 4 is 0 Å². The molecule has 0 amide bonds. The van der Waals surface area contributed by atoms with Gasteiger partial charge in [0.05, 0.1) is 6.61 Å². The zero-order valence-electron chi connectivity index (χ0n) is 14.2. The smallest absolute Gasteiger partial charge is 0.0610 e. The third-order valence-corrected chi connectivity index (χ3v) is 4.36. The maximum absolute atomic E-state index is 9.54. The molecule has 0 heterocycles. The number of nitrogens with one attached hydrogen (secondary N) is 1. The first kappa shape index (κ1) is 18.9. The van der Waals surface area contributed by atoms with Crippen molar-refractivity contribution in [3.63, 3.8) is 0 Å². The van der Waals surface area contributed by atoms with Crippen LogP contribution in [-0.4, -0.2) is 47.3 Å². The van der Waals surface area contributed by atoms with Crippen LogP contribution in [0, 0.1) is 0 Å². The molecule has 0 fully saturated rings. The van der Waals surface area contributed by atoms with E-state index < -0.39 is 0 Å². The van der Waals surface area contributed by atoms with Crippen LogP contribution in [0.15, 0.2) is 0 Å². The van der Waals surface area contributed by atoms with Gasteiger partial charge < -0.3 is 15.3 Å². The van der Waals surface area contributed by atoms with Gasteiger partial charge in [0.15, 0.2) is 0 Å². The van der Waals surface area contributed by atoms with Crippen molar-refractivity contribution in [2.24, 2.45) is 0 Å². The molecule has 0 aliphatic heterocycles. The SMILES string of the molecule is CCC(C)(C)N(C)CCCCC(C)(CO)NC(C)C. The molecule has 2 N–H and O–H groups in total. The summed E-state index contributed by atoms with van der Waals surface area (Å²) in [5.41, 5.74) is 0.156. The zero-order chi connectivity index (χ0) is 15.1. The van der Waals surface area contributed by atoms with E-state index in [0.717, 1.165) is 19.4 Å². The van der Waals surface area contributed by atoms with Crippen LogP contribution in [-0.2, 0) is 0 Å². The fourth-order valence-electron chi connectivity index (χ4n) is 2.33. The summed E-state index contributed by atoms with van der Waals surface area (Å²) < 4.78 is 0. The molecule has 1 unspecified atom stereocenters. The minimum Gasteiger partial charge on any atom is -0.394 e. The molecular formula is C16H36N2O. The Bertz CT molecular complexity index is 241. The van der Waals surface area contributed by atoms with E-state index in [0.29, 0.717) is 6.04 Å². The fourth-order valence-corrected chi connectivity index (χ4v) is 2.33. The monoisotopic (exact) mass is 272 g/mol. The predicted octanol–water partition coefficient (Wildman–Crippen LogP) is 3.03. The lowest BCUT2D eigenvalue weighted by molar-refractivity contribution is 0.135. The summed E-state index contributed by atoms with van der Waals surface area (Å²) in [6.45, 7) is 14.6. The van der Waals surface area contributed by atoms with Crippen molar-refractivity contribution in [1.29, 1.82) is 0 Å². The van der Waals surface area contributed by atoms with E-state index in [2.05, 4.69) is 58.8 Å². The largest absolute Gasteiger partial charge is 0.394 e. The number of aliphatic hydroxyl groups excluding tert-OH is 1. The molecule has 3 heteroatoms. The molecule has 0 saturated carbocycles. The second kappa shape index (κ2) is 8.23. The Morgan fingerprint density at radius 2 is 1.74 bits per heavy atom. The summed E-state index contributed by atoms with van der Waals surface area (Å²) in [5, 5.41) is 13.0. The Kier molecular flexibility index (Phi) is 8.18. The normalized spacial score (nSPS) is 16.1. The summed E-state index contributed by atoms with van der Waals surface area (Å²) in [6.07, 6.45) is 4.55. The molecule has 3 nitrogen and oxygen atoms in total. The standard InChI is InChI=1S/C16H36N2O/c1-8-15(4,5)18(7)12-10-9-11-16(6,13-19)17-14(2)3/h14,17,19H,8-13H2,1-7H3. The molecule has 0 aliphatic rings. The molecule has 0 saturated heterocycles. The molecule has 0 aliphatic carbocycles. The fraction of sp³-hybridized carbons (Fsp3) is 1.00. The van der Waals surface area contributed by atoms with E-state index >= 15 is 0 Å². The van der Waals surface area contributed by atoms with E-state index in [1.165, 1.54) is 12.8 Å². The highest BCUT2D eigenvalue weighted by Gasteiger charge is 2.24. The molecule has 1 atom stereocenters. The molecule has 0 bridgehead atoms. The lowest BCUT2D eigenvalue weighted by Gasteiger charge is -2.35. The van der Waals surface area contributed by atoms with Gasteiger partial charge in [0.1, 0.15) is 0 Å². The molecular weight excluding hydrogens is 236 g/mol. The van der Waals surface area contributed by atoms with E-state index in [1.54, 1.807) is 0 Å². The van der Waals surface area contributed by atoms with Gasteiger partial charge in [-0.05, 0) is 53.6 Å². The average Bonchev–Trinajstić information content (AvgIpc) is 2.33. The quantitative estimate of drug-likeness (QED) is 0.600. The Morgan fingerprint density at radius 3 is 2.16 bits per heavy atom. The van der Waals surface area contributed by atoms with E-state index in [4.69, 9.17) is 0 Å². The van der Waals surface area contributed by atoms with Gasteiger partial charge in [-0.25, -0.2) is 0 Å². The van der Waals surface area contributed by atoms with Crippen LogP contribution >= 0.6 is 0 Å². The summed E-state index contributed by atoms with van der Waals surface area (Å²) in [4.78, 5) is 2.44. The van der Waals surface area contributed by atoms with Crippen molar-refractivity contribution in [1.82, 2.24) is 10.2 Å². The van der Waals surface area contributed by atoms with Crippen LogP contribution in [0.25, 0.3) is 0 Å². The third kappa shape index (κ3) is 7.28. The van der Waals surface area contributed by atoms with Gasteiger partial charge in [-0.2, -0.15) is 0 Å². The maximum Gasteiger partial charge on any atom is 0.0610 e. The molecule has 0 radical (unpaired) electrons. The van der Waals surface area contributed by atoms with Gasteiger partial charge in [-0.1, -0.05) is 27.2 Å². The topological polar surface area (TPSA) is 35.5 Å². The molecule has 19 heavy (non-hydrogen) atoms. The van der Waals surface area contributed by atoms with Crippen molar-refractivity contribution in [2.45, 2.75) is 84.3 Å². The summed E-state index contributed by atoms with van der Waals surface area (Å²) in [5.74, 6) is 0. The molecule has 0 aromatic rings. The van der Waals surface area contributed by atoms with Crippen LogP contribution in [0.3, 0.4) is 0 Å². The highest BCUT2D eigenvalue weighted by Crippen LogP contribution is 2.19. The predicted molar refractivity (Wildman–Crippen MR) is 84.6 cm³/mol. The van der Waals surface area contributed by atoms with E-state index in [9.17, 15) is 5.11 Å². The summed E-state index contributed by atoms with van der Waals surface area (Å²) >= 11 is 0. The van der Waals surface area contributed by atoms with Crippen molar-refractivity contribution < 1.29 is 5.11 Å². The number of unbranched alkanes of at least 4 members (excludes halogenated alkanes) is 1. The van der Waals surface area contributed by atoms with Crippen LogP contribution < -0.4 is 5.32 Å². The zero-order valence-corrected chi connectivity index (χ0v) is 14.2. The van der Waals surface area contributed by atoms with Crippen LogP contribution in [0.1, 0.15) is 67.2 Å². The molecule has 0 aromatic carbocycles. The van der Waals surface area contributed by atoms with Gasteiger partial charge in [0, 0.05) is 17.1 Å². The highest BCUT2D eigenvalue weighted by molar-refractivity contribution is 4.84. The second-order valence-electron chi connectivity index (χ2n) is 7.06. The number of aliphatic hydroxyl groups is 1. The number of hydrogen-bond acceptors (Lipinski definition) is 3. The van der Waals surface area contributed by atoms with E-state index in [-0.39, 0.29) is 17.7 Å². The minimum atomic E-state index is -0.132. The first-order valence-electron chi connectivity index (χ1n) is 7.76. The van der Waals surface area contributed by atoms with Crippen LogP contribution in [0.5, 0.6) is 0 Å². The first-order valence-corrected chi connectivity index (χ1v) is 7.76. The van der Waals surface area contributed by atoms with Gasteiger partial charge in [-0.15, -0.1) is 0 Å². The third-order valence-electron chi connectivity index (χ3n) is 4.36. The van der Waals surface area contributed by atoms with Gasteiger partial charge in [0.2, 0.25) is 0 Å². The number of hydrogen-bond donors (Lipinski definition) is 2. The Labute approximate surface area is 120 Å². The first-order chi connectivity index (χ1) is 8.67. The lowest BCUT2D eigenvalue weighted by atomic mass is 9.94. The highest BCUT2D eigenvalue weighted by atomic mass is 16.3. The molecule has 0 spiro atoms. The van der Waals surface area contributed by atoms with Gasteiger partial charge in [0.25, 0.3) is 0 Å². The Balaban J connectivity index is 4.02. The maximum atomic E-state index is 9.54. The summed E-state index contributed by atoms with van der Waals surface area (Å²) in [7, 11) is 2.21. The van der Waals surface area contributed by atoms with Crippen molar-refractivity contribution in [2.75, 3.05) is 20.2 Å². The Morgan fingerprint density at radius 1 is 1.16 bits per heavy atom. The number of rotatable bonds is 10. The van der Waals surface area contributed by atoms with Gasteiger partial charge in [-0.3, -0.25) is 0 Å². The number of nitrogens with zero attached hydrogens (tertiary/aromatic N) is 1. The van der Waals surface area contributed by atoms with Crippen LogP contribution in [0.4, 0.5) is 0 Å². The van der Waals surface area contributed by atoms with Crippen molar-refractivity contribution in [3.05, 3.63) is 0 Å².